The van der Waals surface area contributed by atoms with Crippen molar-refractivity contribution in [3.8, 4) is 0 Å². The van der Waals surface area contributed by atoms with Gasteiger partial charge in [0.2, 0.25) is 0 Å². The molecule has 1 nitrogen and oxygen atoms in total. The van der Waals surface area contributed by atoms with Crippen molar-refractivity contribution in [3.63, 3.8) is 0 Å². The molecule has 0 saturated carbocycles. The molecular weight excluding hydrogens is 201 g/mol. The van der Waals surface area contributed by atoms with Crippen LogP contribution in [0.5, 0.6) is 0 Å². The normalized spacial score (nSPS) is 11.5. The minimum Gasteiger partial charge on any atom is -0.0654 e. The summed E-state index contributed by atoms with van der Waals surface area (Å²) in [7, 11) is 0. The molecule has 0 radical (unpaired) electrons. The van der Waals surface area contributed by atoms with E-state index in [0.717, 1.165) is 13.0 Å². The third-order valence-electron chi connectivity index (χ3n) is 3.19. The van der Waals surface area contributed by atoms with Gasteiger partial charge < -0.3 is 0 Å². The maximum absolute atomic E-state index is 4.40. The average Bonchev–Trinajstić information content (AvgIpc) is 2.35. The summed E-state index contributed by atoms with van der Waals surface area (Å²) in [4.78, 5) is 4.40. The Morgan fingerprint density at radius 1 is 0.824 bits per heavy atom. The summed E-state index contributed by atoms with van der Waals surface area (Å²) in [6.07, 6.45) is 17.3. The Bertz CT molecular complexity index is 157. The van der Waals surface area contributed by atoms with E-state index in [1.807, 2.05) is 0 Å². The molecular formula is C15H30LiN. The fourth-order valence-electron chi connectivity index (χ4n) is 2.00. The van der Waals surface area contributed by atoms with Gasteiger partial charge in [0, 0.05) is 0 Å². The number of hydrogen-bond donors (Lipinski definition) is 0. The molecule has 0 rings (SSSR count). The van der Waals surface area contributed by atoms with Crippen molar-refractivity contribution < 1.29 is 0 Å². The fourth-order valence-corrected chi connectivity index (χ4v) is 2.00. The van der Waals surface area contributed by atoms with Crippen LogP contribution in [0.4, 0.5) is 0 Å². The Kier molecular flexibility index (Phi) is 16.5. The van der Waals surface area contributed by atoms with Crippen LogP contribution >= 0.6 is 0 Å². The van der Waals surface area contributed by atoms with E-state index in [0.29, 0.717) is 0 Å². The molecule has 0 fully saturated rings. The van der Waals surface area contributed by atoms with Gasteiger partial charge in [-0.25, -0.2) is 0 Å². The number of aliphatic imine (C=N–C) groups is 1. The second-order valence-corrected chi connectivity index (χ2v) is 5.06. The molecule has 0 saturated heterocycles. The van der Waals surface area contributed by atoms with Gasteiger partial charge >= 0.3 is 91.9 Å². The van der Waals surface area contributed by atoms with E-state index in [9.17, 15) is 0 Å². The van der Waals surface area contributed by atoms with Crippen LogP contribution in [0.25, 0.3) is 0 Å². The smallest absolute Gasteiger partial charge is 0.0654 e. The van der Waals surface area contributed by atoms with Gasteiger partial charge in [-0.15, -0.1) is 0 Å². The SMILES string of the molecule is [Li][CH2]CC=NCCCCCCCCCCCC. The molecule has 0 aliphatic carbocycles. The van der Waals surface area contributed by atoms with E-state index >= 15 is 0 Å². The van der Waals surface area contributed by atoms with Crippen LogP contribution in [0.3, 0.4) is 0 Å². The number of nitrogens with zero attached hydrogens (tertiary/aromatic N) is 1. The maximum atomic E-state index is 4.40. The molecule has 0 aliphatic rings. The first kappa shape index (κ1) is 17.3. The molecule has 0 amide bonds. The first-order valence-electron chi connectivity index (χ1n) is 7.90. The minimum atomic E-state index is 1.05. The van der Waals surface area contributed by atoms with E-state index in [1.165, 1.54) is 69.3 Å². The van der Waals surface area contributed by atoms with Crippen LogP contribution in [0.1, 0.15) is 77.6 Å². The van der Waals surface area contributed by atoms with Gasteiger partial charge in [0.15, 0.2) is 0 Å². The molecule has 0 bridgehead atoms. The molecule has 0 aromatic rings. The van der Waals surface area contributed by atoms with Gasteiger partial charge in [0.25, 0.3) is 0 Å². The topological polar surface area (TPSA) is 12.4 Å². The molecule has 0 heterocycles. The third kappa shape index (κ3) is 16.3. The van der Waals surface area contributed by atoms with Crippen LogP contribution in [0, 0.1) is 0 Å². The van der Waals surface area contributed by atoms with Crippen molar-refractivity contribution in [2.75, 3.05) is 6.54 Å². The Morgan fingerprint density at radius 3 is 1.88 bits per heavy atom. The van der Waals surface area contributed by atoms with E-state index in [-0.39, 0.29) is 0 Å². The second-order valence-electron chi connectivity index (χ2n) is 5.06. The predicted molar refractivity (Wildman–Crippen MR) is 80.4 cm³/mol. The summed E-state index contributed by atoms with van der Waals surface area (Å²) < 4.78 is 0. The third-order valence-corrected chi connectivity index (χ3v) is 3.19. The first-order valence-corrected chi connectivity index (χ1v) is 7.90. The van der Waals surface area contributed by atoms with Crippen LogP contribution in [-0.2, 0) is 0 Å². The predicted octanol–water partition coefficient (Wildman–Crippen LogP) is 4.96. The van der Waals surface area contributed by atoms with Crippen LogP contribution in [-0.4, -0.2) is 30.5 Å². The molecule has 0 aromatic carbocycles. The van der Waals surface area contributed by atoms with E-state index < -0.39 is 0 Å². The van der Waals surface area contributed by atoms with E-state index in [1.54, 1.807) is 0 Å². The molecule has 17 heavy (non-hydrogen) atoms. The minimum absolute atomic E-state index is 1.05. The van der Waals surface area contributed by atoms with Crippen LogP contribution in [0.2, 0.25) is 5.09 Å². The van der Waals surface area contributed by atoms with Crippen molar-refractivity contribution in [3.05, 3.63) is 0 Å². The molecule has 96 valence electrons. The molecule has 0 atom stereocenters. The number of hydrogen-bond acceptors (Lipinski definition) is 1. The monoisotopic (exact) mass is 231 g/mol. The summed E-state index contributed by atoms with van der Waals surface area (Å²) >= 11 is 2.20. The van der Waals surface area contributed by atoms with E-state index in [4.69, 9.17) is 0 Å². The zero-order valence-corrected chi connectivity index (χ0v) is 12.2. The van der Waals surface area contributed by atoms with E-state index in [2.05, 4.69) is 35.8 Å². The van der Waals surface area contributed by atoms with Crippen molar-refractivity contribution in [1.29, 1.82) is 0 Å². The molecule has 2 heteroatoms. The van der Waals surface area contributed by atoms with Crippen LogP contribution in [0.15, 0.2) is 4.99 Å². The first-order chi connectivity index (χ1) is 8.41. The van der Waals surface area contributed by atoms with Gasteiger partial charge in [0.05, 0.1) is 0 Å². The molecule has 0 N–H and O–H groups in total. The van der Waals surface area contributed by atoms with Crippen LogP contribution < -0.4 is 0 Å². The van der Waals surface area contributed by atoms with Crippen molar-refractivity contribution in [1.82, 2.24) is 0 Å². The van der Waals surface area contributed by atoms with Gasteiger partial charge in [-0.3, -0.25) is 0 Å². The second kappa shape index (κ2) is 16.3. The number of unbranched alkanes of at least 4 members (excludes halogenated alkanes) is 9. The molecule has 0 aliphatic heterocycles. The fraction of sp³-hybridized carbons (Fsp3) is 0.933. The zero-order chi connectivity index (χ0) is 12.6. The van der Waals surface area contributed by atoms with Gasteiger partial charge in [-0.2, -0.15) is 0 Å². The van der Waals surface area contributed by atoms with Crippen molar-refractivity contribution >= 4 is 23.9 Å². The summed E-state index contributed by atoms with van der Waals surface area (Å²) in [6.45, 7) is 3.33. The van der Waals surface area contributed by atoms with Gasteiger partial charge in [-0.1, -0.05) is 26.2 Å². The molecule has 0 spiro atoms. The van der Waals surface area contributed by atoms with Crippen molar-refractivity contribution in [2.24, 2.45) is 4.99 Å². The zero-order valence-electron chi connectivity index (χ0n) is 12.2. The summed E-state index contributed by atoms with van der Waals surface area (Å²) in [5.74, 6) is 0. The average molecular weight is 231 g/mol. The van der Waals surface area contributed by atoms with Crippen molar-refractivity contribution in [2.45, 2.75) is 82.6 Å². The standard InChI is InChI=1S/C15H30N.Li/c1-3-5-6-7-8-9-10-11-12-13-15-16-14-4-2;/h14H,2-13,15H2,1H3;. The quantitative estimate of drug-likeness (QED) is 0.241. The summed E-state index contributed by atoms with van der Waals surface area (Å²) in [6, 6.07) is 0. The Labute approximate surface area is 118 Å². The Balaban J connectivity index is 2.94. The Morgan fingerprint density at radius 2 is 1.35 bits per heavy atom. The Hall–Kier alpha value is 0.267. The molecule has 0 aromatic heterocycles. The van der Waals surface area contributed by atoms with Gasteiger partial charge in [0.1, 0.15) is 0 Å². The molecule has 0 unspecified atom stereocenters. The summed E-state index contributed by atoms with van der Waals surface area (Å²) in [5.41, 5.74) is 0. The summed E-state index contributed by atoms with van der Waals surface area (Å²) in [5, 5.41) is 1.22. The van der Waals surface area contributed by atoms with Gasteiger partial charge in [-0.05, 0) is 0 Å². The number of rotatable bonds is 13.